The summed E-state index contributed by atoms with van der Waals surface area (Å²) >= 11 is 0. The van der Waals surface area contributed by atoms with Crippen molar-refractivity contribution in [3.63, 3.8) is 0 Å². The van der Waals surface area contributed by atoms with E-state index in [1.807, 2.05) is 0 Å². The summed E-state index contributed by atoms with van der Waals surface area (Å²) in [6.45, 7) is 11.8. The fourth-order valence-electron chi connectivity index (χ4n) is 2.56. The lowest BCUT2D eigenvalue weighted by atomic mass is 10.0. The molecule has 0 aliphatic heterocycles. The molecule has 1 N–H and O–H groups in total. The first-order chi connectivity index (χ1) is 10.1. The third kappa shape index (κ3) is 5.04. The zero-order valence-corrected chi connectivity index (χ0v) is 14.5. The molecule has 0 bridgehead atoms. The number of aromatic nitrogens is 2. The Hall–Kier alpha value is -1.00. The molecule has 1 aromatic heterocycles. The Morgan fingerprint density at radius 3 is 2.00 bits per heavy atom. The van der Waals surface area contributed by atoms with E-state index in [1.165, 1.54) is 17.0 Å². The number of hydrogen-bond acceptors (Lipinski definition) is 4. The van der Waals surface area contributed by atoms with Crippen LogP contribution >= 0.6 is 0 Å². The maximum Gasteiger partial charge on any atom is 0.157 e. The summed E-state index contributed by atoms with van der Waals surface area (Å²) in [5.41, 5.74) is 3.68. The second-order valence-electron chi connectivity index (χ2n) is 5.65. The highest BCUT2D eigenvalue weighted by atomic mass is 16.5. The summed E-state index contributed by atoms with van der Waals surface area (Å²) in [6, 6.07) is 0.512. The monoisotopic (exact) mass is 293 g/mol. The number of nitrogens with one attached hydrogen (secondary N) is 1. The molecule has 4 heteroatoms. The number of aryl methyl sites for hydroxylation is 2. The second kappa shape index (κ2) is 9.11. The van der Waals surface area contributed by atoms with Gasteiger partial charge >= 0.3 is 0 Å². The van der Waals surface area contributed by atoms with Gasteiger partial charge in [0.25, 0.3) is 0 Å². The predicted octanol–water partition coefficient (Wildman–Crippen LogP) is 3.24. The van der Waals surface area contributed by atoms with Crippen LogP contribution in [0.25, 0.3) is 0 Å². The van der Waals surface area contributed by atoms with Crippen molar-refractivity contribution in [3.05, 3.63) is 22.8 Å². The molecule has 0 aliphatic carbocycles. The molecule has 1 atom stereocenters. The van der Waals surface area contributed by atoms with Crippen molar-refractivity contribution < 1.29 is 4.74 Å². The van der Waals surface area contributed by atoms with Gasteiger partial charge < -0.3 is 10.1 Å². The highest BCUT2D eigenvalue weighted by Crippen LogP contribution is 2.21. The highest BCUT2D eigenvalue weighted by molar-refractivity contribution is 5.27. The minimum absolute atomic E-state index is 0.00318. The number of nitrogens with zero attached hydrogens (tertiary/aromatic N) is 2. The van der Waals surface area contributed by atoms with Crippen molar-refractivity contribution in [1.29, 1.82) is 0 Å². The lowest BCUT2D eigenvalue weighted by Gasteiger charge is -2.18. The van der Waals surface area contributed by atoms with Gasteiger partial charge in [-0.3, -0.25) is 0 Å². The van der Waals surface area contributed by atoms with E-state index in [0.717, 1.165) is 38.1 Å². The molecule has 1 heterocycles. The van der Waals surface area contributed by atoms with Crippen LogP contribution in [0.15, 0.2) is 0 Å². The van der Waals surface area contributed by atoms with Crippen LogP contribution < -0.4 is 5.32 Å². The molecule has 0 aromatic carbocycles. The molecule has 1 unspecified atom stereocenters. The molecular weight excluding hydrogens is 262 g/mol. The van der Waals surface area contributed by atoms with Crippen LogP contribution in [0, 0.1) is 0 Å². The van der Waals surface area contributed by atoms with Crippen LogP contribution in [0.3, 0.4) is 0 Å². The minimum Gasteiger partial charge on any atom is -0.373 e. The molecule has 0 radical (unpaired) electrons. The summed E-state index contributed by atoms with van der Waals surface area (Å²) in [4.78, 5) is 9.55. The Morgan fingerprint density at radius 1 is 1.05 bits per heavy atom. The molecule has 1 rings (SSSR count). The average molecular weight is 293 g/mol. The summed E-state index contributed by atoms with van der Waals surface area (Å²) in [7, 11) is 1.73. The molecule has 0 aliphatic rings. The Balaban J connectivity index is 3.06. The van der Waals surface area contributed by atoms with Gasteiger partial charge in [-0.15, -0.1) is 0 Å². The topological polar surface area (TPSA) is 47.0 Å². The highest BCUT2D eigenvalue weighted by Gasteiger charge is 2.17. The third-order valence-electron chi connectivity index (χ3n) is 3.74. The fourth-order valence-corrected chi connectivity index (χ4v) is 2.56. The molecule has 120 valence electrons. The summed E-state index contributed by atoms with van der Waals surface area (Å²) in [5, 5.41) is 3.48. The Bertz CT molecular complexity index is 403. The molecule has 0 saturated carbocycles. The molecule has 0 saturated heterocycles. The lowest BCUT2D eigenvalue weighted by Crippen LogP contribution is -2.26. The number of ether oxygens (including phenoxy) is 1. The third-order valence-corrected chi connectivity index (χ3v) is 3.74. The van der Waals surface area contributed by atoms with Crippen LogP contribution in [0.5, 0.6) is 0 Å². The van der Waals surface area contributed by atoms with Gasteiger partial charge in [0.1, 0.15) is 6.10 Å². The summed E-state index contributed by atoms with van der Waals surface area (Å²) < 4.78 is 5.50. The molecule has 21 heavy (non-hydrogen) atoms. The van der Waals surface area contributed by atoms with E-state index in [4.69, 9.17) is 14.7 Å². The van der Waals surface area contributed by atoms with Crippen LogP contribution in [0.4, 0.5) is 0 Å². The largest absolute Gasteiger partial charge is 0.373 e. The van der Waals surface area contributed by atoms with E-state index in [0.29, 0.717) is 6.04 Å². The normalized spacial score (nSPS) is 12.9. The first-order valence-corrected chi connectivity index (χ1v) is 8.21. The van der Waals surface area contributed by atoms with Gasteiger partial charge in [0.05, 0.1) is 0 Å². The first kappa shape index (κ1) is 18.1. The van der Waals surface area contributed by atoms with E-state index in [1.54, 1.807) is 7.11 Å². The standard InChI is InChI=1S/C17H31N3O/c1-7-14-13(10-11-18-12(4)5)15(8-2)20-17(19-14)16(9-3)21-6/h12,16,18H,7-11H2,1-6H3. The quantitative estimate of drug-likeness (QED) is 0.759. The van der Waals surface area contributed by atoms with E-state index < -0.39 is 0 Å². The zero-order chi connectivity index (χ0) is 15.8. The predicted molar refractivity (Wildman–Crippen MR) is 87.7 cm³/mol. The van der Waals surface area contributed by atoms with Crippen molar-refractivity contribution >= 4 is 0 Å². The minimum atomic E-state index is 0.00318. The van der Waals surface area contributed by atoms with Crippen LogP contribution in [0.1, 0.15) is 69.9 Å². The van der Waals surface area contributed by atoms with Gasteiger partial charge in [-0.05, 0) is 37.8 Å². The zero-order valence-electron chi connectivity index (χ0n) is 14.5. The Labute approximate surface area is 129 Å². The summed E-state index contributed by atoms with van der Waals surface area (Å²) in [5.74, 6) is 0.842. The van der Waals surface area contributed by atoms with Crippen LogP contribution in [-0.2, 0) is 24.0 Å². The molecule has 0 amide bonds. The average Bonchev–Trinajstić information content (AvgIpc) is 2.48. The van der Waals surface area contributed by atoms with Crippen molar-refractivity contribution in [2.24, 2.45) is 0 Å². The molecule has 0 spiro atoms. The molecule has 1 aromatic rings. The number of rotatable bonds is 9. The van der Waals surface area contributed by atoms with Crippen molar-refractivity contribution in [3.8, 4) is 0 Å². The Morgan fingerprint density at radius 2 is 1.62 bits per heavy atom. The lowest BCUT2D eigenvalue weighted by molar-refractivity contribution is 0.0921. The van der Waals surface area contributed by atoms with Crippen molar-refractivity contribution in [2.45, 2.75) is 72.4 Å². The Kier molecular flexibility index (Phi) is 7.83. The van der Waals surface area contributed by atoms with Crippen LogP contribution in [-0.4, -0.2) is 29.7 Å². The van der Waals surface area contributed by atoms with Crippen molar-refractivity contribution in [2.75, 3.05) is 13.7 Å². The molecule has 0 fully saturated rings. The SMILES string of the molecule is CCc1nc(C(CC)OC)nc(CC)c1CCNC(C)C. The van der Waals surface area contributed by atoms with Crippen molar-refractivity contribution in [1.82, 2.24) is 15.3 Å². The maximum absolute atomic E-state index is 5.50. The number of hydrogen-bond donors (Lipinski definition) is 1. The smallest absolute Gasteiger partial charge is 0.157 e. The van der Waals surface area contributed by atoms with E-state index >= 15 is 0 Å². The van der Waals surface area contributed by atoms with Gasteiger partial charge in [-0.2, -0.15) is 0 Å². The fraction of sp³-hybridized carbons (Fsp3) is 0.765. The van der Waals surface area contributed by atoms with Gasteiger partial charge in [0.15, 0.2) is 5.82 Å². The van der Waals surface area contributed by atoms with Gasteiger partial charge in [-0.25, -0.2) is 9.97 Å². The van der Waals surface area contributed by atoms with E-state index in [9.17, 15) is 0 Å². The van der Waals surface area contributed by atoms with Crippen LogP contribution in [0.2, 0.25) is 0 Å². The second-order valence-corrected chi connectivity index (χ2v) is 5.65. The van der Waals surface area contributed by atoms with E-state index in [2.05, 4.69) is 39.9 Å². The van der Waals surface area contributed by atoms with Gasteiger partial charge in [-0.1, -0.05) is 34.6 Å². The summed E-state index contributed by atoms with van der Waals surface area (Å²) in [6.07, 6.45) is 3.79. The molecular formula is C17H31N3O. The van der Waals surface area contributed by atoms with Gasteiger partial charge in [0.2, 0.25) is 0 Å². The first-order valence-electron chi connectivity index (χ1n) is 8.21. The maximum atomic E-state index is 5.50. The molecule has 4 nitrogen and oxygen atoms in total. The number of methoxy groups -OCH3 is 1. The van der Waals surface area contributed by atoms with Gasteiger partial charge in [0, 0.05) is 24.5 Å². The van der Waals surface area contributed by atoms with E-state index in [-0.39, 0.29) is 6.10 Å².